The smallest absolute Gasteiger partial charge is 0.142 e. The zero-order valence-corrected chi connectivity index (χ0v) is 14.2. The van der Waals surface area contributed by atoms with Crippen molar-refractivity contribution >= 4 is 11.5 Å². The summed E-state index contributed by atoms with van der Waals surface area (Å²) in [6, 6.07) is 4.36. The topological polar surface area (TPSA) is 36.4 Å². The van der Waals surface area contributed by atoms with E-state index in [1.165, 1.54) is 22.3 Å². The van der Waals surface area contributed by atoms with Crippen molar-refractivity contribution in [1.29, 1.82) is 0 Å². The minimum Gasteiger partial charge on any atom is -0.341 e. The van der Waals surface area contributed by atoms with Gasteiger partial charge < -0.3 is 10.6 Å². The summed E-state index contributed by atoms with van der Waals surface area (Å²) in [5.41, 5.74) is 7.98. The summed E-state index contributed by atoms with van der Waals surface area (Å²) >= 11 is 0. The summed E-state index contributed by atoms with van der Waals surface area (Å²) < 4.78 is 0. The third-order valence-corrected chi connectivity index (χ3v) is 4.13. The highest BCUT2D eigenvalue weighted by atomic mass is 15.1. The number of allylic oxidation sites excluding steroid dienone is 1. The number of nitrogens with zero attached hydrogens (tertiary/aromatic N) is 1. The van der Waals surface area contributed by atoms with Gasteiger partial charge in [0.05, 0.1) is 0 Å². The Labute approximate surface area is 133 Å². The number of aliphatic imine (C=N–C) groups is 1. The first kappa shape index (κ1) is 16.1. The molecule has 0 unspecified atom stereocenters. The van der Waals surface area contributed by atoms with Crippen molar-refractivity contribution in [2.75, 3.05) is 5.32 Å². The molecule has 0 saturated heterocycles. The fraction of sp³-hybridized carbons (Fsp3) is 0.316. The number of rotatable bonds is 2. The monoisotopic (exact) mass is 295 g/mol. The van der Waals surface area contributed by atoms with Crippen molar-refractivity contribution in [3.05, 3.63) is 64.6 Å². The average Bonchev–Trinajstić information content (AvgIpc) is 2.43. The highest BCUT2D eigenvalue weighted by Crippen LogP contribution is 2.26. The van der Waals surface area contributed by atoms with E-state index in [4.69, 9.17) is 0 Å². The van der Waals surface area contributed by atoms with Gasteiger partial charge in [-0.2, -0.15) is 0 Å². The summed E-state index contributed by atoms with van der Waals surface area (Å²) in [6.45, 7) is 18.6. The Morgan fingerprint density at radius 3 is 2.41 bits per heavy atom. The maximum atomic E-state index is 4.55. The molecule has 3 heteroatoms. The van der Waals surface area contributed by atoms with Gasteiger partial charge in [-0.3, -0.25) is 0 Å². The standard InChI is InChI=1S/C19H25N3/c1-8-11(2)18-15(6)20-16(7)21-19(18)22-17-10-13(4)12(3)9-14(17)5/h9-10,20H,6-8H2,1-5H3,(H,21,22)/b18-11-. The molecule has 0 amide bonds. The third kappa shape index (κ3) is 3.14. The van der Waals surface area contributed by atoms with Crippen LogP contribution in [0.4, 0.5) is 5.69 Å². The van der Waals surface area contributed by atoms with Gasteiger partial charge in [0.15, 0.2) is 0 Å². The fourth-order valence-corrected chi connectivity index (χ4v) is 2.55. The van der Waals surface area contributed by atoms with Crippen LogP contribution in [0.2, 0.25) is 0 Å². The predicted octanol–water partition coefficient (Wildman–Crippen LogP) is 4.74. The van der Waals surface area contributed by atoms with Crippen LogP contribution in [0.15, 0.2) is 52.9 Å². The molecule has 1 aliphatic rings. The molecular weight excluding hydrogens is 270 g/mol. The molecule has 0 atom stereocenters. The maximum Gasteiger partial charge on any atom is 0.142 e. The number of benzene rings is 1. The van der Waals surface area contributed by atoms with E-state index >= 15 is 0 Å². The van der Waals surface area contributed by atoms with Crippen LogP contribution >= 0.6 is 0 Å². The molecule has 22 heavy (non-hydrogen) atoms. The van der Waals surface area contributed by atoms with Crippen LogP contribution in [-0.2, 0) is 0 Å². The Kier molecular flexibility index (Phi) is 4.55. The number of hydrogen-bond donors (Lipinski definition) is 2. The second kappa shape index (κ2) is 6.22. The zero-order valence-electron chi connectivity index (χ0n) is 14.2. The van der Waals surface area contributed by atoms with Crippen molar-refractivity contribution in [2.24, 2.45) is 4.99 Å². The molecule has 0 aromatic heterocycles. The van der Waals surface area contributed by atoms with Gasteiger partial charge in [-0.25, -0.2) is 4.99 Å². The molecule has 0 saturated carbocycles. The van der Waals surface area contributed by atoms with Gasteiger partial charge in [0.2, 0.25) is 0 Å². The lowest BCUT2D eigenvalue weighted by atomic mass is 10.0. The van der Waals surface area contributed by atoms with Gasteiger partial charge in [0, 0.05) is 17.0 Å². The minimum atomic E-state index is 0.613. The second-order valence-electron chi connectivity index (χ2n) is 5.90. The Morgan fingerprint density at radius 1 is 1.14 bits per heavy atom. The van der Waals surface area contributed by atoms with E-state index in [9.17, 15) is 0 Å². The molecule has 2 N–H and O–H groups in total. The lowest BCUT2D eigenvalue weighted by molar-refractivity contribution is 0.936. The van der Waals surface area contributed by atoms with Crippen LogP contribution in [-0.4, -0.2) is 5.84 Å². The SMILES string of the molecule is C=C1N=C(Nc2cc(C)c(C)cc2C)/C(=C(/C)CC)C(=C)N1. The van der Waals surface area contributed by atoms with Crippen LogP contribution in [0, 0.1) is 20.8 Å². The van der Waals surface area contributed by atoms with E-state index < -0.39 is 0 Å². The largest absolute Gasteiger partial charge is 0.341 e. The van der Waals surface area contributed by atoms with Gasteiger partial charge in [-0.05, 0) is 56.9 Å². The van der Waals surface area contributed by atoms with E-state index in [0.29, 0.717) is 5.82 Å². The molecule has 0 bridgehead atoms. The lowest BCUT2D eigenvalue weighted by Crippen LogP contribution is -2.29. The molecule has 1 aromatic carbocycles. The first-order chi connectivity index (χ1) is 10.3. The van der Waals surface area contributed by atoms with Crippen LogP contribution in [0.3, 0.4) is 0 Å². The quantitative estimate of drug-likeness (QED) is 0.827. The van der Waals surface area contributed by atoms with Crippen molar-refractivity contribution in [3.63, 3.8) is 0 Å². The molecule has 1 aliphatic heterocycles. The van der Waals surface area contributed by atoms with Gasteiger partial charge >= 0.3 is 0 Å². The van der Waals surface area contributed by atoms with Gasteiger partial charge in [-0.15, -0.1) is 0 Å². The molecule has 0 fully saturated rings. The fourth-order valence-electron chi connectivity index (χ4n) is 2.55. The van der Waals surface area contributed by atoms with Crippen molar-refractivity contribution in [3.8, 4) is 0 Å². The highest BCUT2D eigenvalue weighted by Gasteiger charge is 2.20. The number of nitrogens with one attached hydrogen (secondary N) is 2. The Bertz CT molecular complexity index is 706. The molecule has 0 aliphatic carbocycles. The van der Waals surface area contributed by atoms with E-state index in [1.807, 2.05) is 0 Å². The normalized spacial score (nSPS) is 17.0. The highest BCUT2D eigenvalue weighted by molar-refractivity contribution is 6.12. The molecule has 116 valence electrons. The number of anilines is 1. The van der Waals surface area contributed by atoms with Gasteiger partial charge in [0.1, 0.15) is 11.7 Å². The lowest BCUT2D eigenvalue weighted by Gasteiger charge is -2.25. The summed E-state index contributed by atoms with van der Waals surface area (Å²) in [5.74, 6) is 1.43. The first-order valence-corrected chi connectivity index (χ1v) is 7.62. The molecule has 3 nitrogen and oxygen atoms in total. The third-order valence-electron chi connectivity index (χ3n) is 4.13. The van der Waals surface area contributed by atoms with Gasteiger partial charge in [-0.1, -0.05) is 31.7 Å². The Hall–Kier alpha value is -2.29. The summed E-state index contributed by atoms with van der Waals surface area (Å²) in [4.78, 5) is 4.55. The second-order valence-corrected chi connectivity index (χ2v) is 5.90. The Balaban J connectivity index is 2.48. The first-order valence-electron chi connectivity index (χ1n) is 7.62. The zero-order chi connectivity index (χ0) is 16.4. The van der Waals surface area contributed by atoms with E-state index in [0.717, 1.165) is 29.2 Å². The van der Waals surface area contributed by atoms with Gasteiger partial charge in [0.25, 0.3) is 0 Å². The molecule has 2 rings (SSSR count). The van der Waals surface area contributed by atoms with Crippen LogP contribution < -0.4 is 10.6 Å². The average molecular weight is 295 g/mol. The molecule has 0 radical (unpaired) electrons. The van der Waals surface area contributed by atoms with Crippen molar-refractivity contribution in [1.82, 2.24) is 5.32 Å². The summed E-state index contributed by atoms with van der Waals surface area (Å²) in [7, 11) is 0. The van der Waals surface area contributed by atoms with Crippen molar-refractivity contribution in [2.45, 2.75) is 41.0 Å². The van der Waals surface area contributed by atoms with E-state index in [1.54, 1.807) is 0 Å². The summed E-state index contributed by atoms with van der Waals surface area (Å²) in [5, 5.41) is 6.59. The maximum absolute atomic E-state index is 4.55. The number of hydrogen-bond acceptors (Lipinski definition) is 3. The Morgan fingerprint density at radius 2 is 1.77 bits per heavy atom. The minimum absolute atomic E-state index is 0.613. The predicted molar refractivity (Wildman–Crippen MR) is 96.1 cm³/mol. The molecule has 1 heterocycles. The van der Waals surface area contributed by atoms with Crippen LogP contribution in [0.25, 0.3) is 0 Å². The van der Waals surface area contributed by atoms with E-state index in [2.05, 4.69) is 75.5 Å². The molecule has 1 aromatic rings. The molecular formula is C19H25N3. The summed E-state index contributed by atoms with van der Waals surface area (Å²) in [6.07, 6.45) is 0.953. The number of amidine groups is 1. The van der Waals surface area contributed by atoms with Crippen LogP contribution in [0.5, 0.6) is 0 Å². The molecule has 0 spiro atoms. The number of aryl methyl sites for hydroxylation is 3. The van der Waals surface area contributed by atoms with Crippen molar-refractivity contribution < 1.29 is 0 Å². The van der Waals surface area contributed by atoms with E-state index in [-0.39, 0.29) is 0 Å². The van der Waals surface area contributed by atoms with Crippen LogP contribution in [0.1, 0.15) is 37.0 Å².